The van der Waals surface area contributed by atoms with Gasteiger partial charge in [-0.2, -0.15) is 0 Å². The van der Waals surface area contributed by atoms with Crippen LogP contribution in [0.15, 0.2) is 18.2 Å². The average Bonchev–Trinajstić information content (AvgIpc) is 3.21. The van der Waals surface area contributed by atoms with E-state index in [-0.39, 0.29) is 18.3 Å². The van der Waals surface area contributed by atoms with Crippen LogP contribution in [0.4, 0.5) is 5.13 Å². The number of ether oxygens (including phenoxy) is 2. The predicted molar refractivity (Wildman–Crippen MR) is 122 cm³/mol. The summed E-state index contributed by atoms with van der Waals surface area (Å²) in [7, 11) is 3.91. The molecule has 3 aromatic rings. The molecule has 4 rings (SSSR count). The lowest BCUT2D eigenvalue weighted by Crippen LogP contribution is -2.36. The molecular formula is C18H18Cl3N3O3S2. The van der Waals surface area contributed by atoms with Gasteiger partial charge in [-0.1, -0.05) is 34.5 Å². The summed E-state index contributed by atoms with van der Waals surface area (Å²) in [5, 5.41) is 0.600. The number of thiophene rings is 1. The molecule has 1 amide bonds. The van der Waals surface area contributed by atoms with Gasteiger partial charge in [-0.15, -0.1) is 23.7 Å². The molecule has 156 valence electrons. The van der Waals surface area contributed by atoms with E-state index in [1.807, 2.05) is 31.1 Å². The molecule has 11 heteroatoms. The Labute approximate surface area is 192 Å². The smallest absolute Gasteiger partial charge is 0.262 e. The standard InChI is InChI=1S/C18H17Cl2N3O3S2.ClH/c1-22(2)3-4-23(17(24)10-7-15(19)28-16(10)20)18-21-11-8-12-13(9-14(11)27-18)26-6-5-25-12;/h7-9H,3-6H2,1-2H3;1H. The maximum absolute atomic E-state index is 13.2. The first-order valence-corrected chi connectivity index (χ1v) is 10.9. The number of hydrogen-bond donors (Lipinski definition) is 0. The molecule has 0 unspecified atom stereocenters. The highest BCUT2D eigenvalue weighted by atomic mass is 35.5. The van der Waals surface area contributed by atoms with Crippen molar-refractivity contribution in [3.63, 3.8) is 0 Å². The number of carbonyl (C=O) groups excluding carboxylic acids is 1. The molecule has 1 aliphatic heterocycles. The number of fused-ring (bicyclic) bond motifs is 2. The number of carbonyl (C=O) groups is 1. The molecule has 2 aromatic heterocycles. The van der Waals surface area contributed by atoms with Gasteiger partial charge >= 0.3 is 0 Å². The number of halogens is 3. The van der Waals surface area contributed by atoms with E-state index in [1.54, 1.807) is 11.0 Å². The van der Waals surface area contributed by atoms with Gasteiger partial charge in [0.1, 0.15) is 17.6 Å². The quantitative estimate of drug-likeness (QED) is 0.496. The lowest BCUT2D eigenvalue weighted by atomic mass is 10.3. The fourth-order valence-corrected chi connectivity index (χ4v) is 5.23. The Balaban J connectivity index is 0.00000240. The summed E-state index contributed by atoms with van der Waals surface area (Å²) in [6, 6.07) is 5.37. The monoisotopic (exact) mass is 493 g/mol. The number of amides is 1. The number of aromatic nitrogens is 1. The van der Waals surface area contributed by atoms with Gasteiger partial charge in [-0.25, -0.2) is 4.98 Å². The summed E-state index contributed by atoms with van der Waals surface area (Å²) in [6.07, 6.45) is 0. The lowest BCUT2D eigenvalue weighted by Gasteiger charge is -2.21. The zero-order valence-electron chi connectivity index (χ0n) is 15.6. The van der Waals surface area contributed by atoms with Crippen molar-refractivity contribution in [2.75, 3.05) is 45.3 Å². The lowest BCUT2D eigenvalue weighted by molar-refractivity contribution is 0.0986. The zero-order valence-corrected chi connectivity index (χ0v) is 19.6. The van der Waals surface area contributed by atoms with Gasteiger partial charge in [0.15, 0.2) is 16.6 Å². The zero-order chi connectivity index (χ0) is 19.8. The molecule has 0 spiro atoms. The normalized spacial score (nSPS) is 12.9. The highest BCUT2D eigenvalue weighted by Crippen LogP contribution is 2.39. The fraction of sp³-hybridized carbons (Fsp3) is 0.333. The summed E-state index contributed by atoms with van der Waals surface area (Å²) in [5.41, 5.74) is 1.15. The Morgan fingerprint density at radius 2 is 1.79 bits per heavy atom. The van der Waals surface area contributed by atoms with E-state index in [2.05, 4.69) is 4.98 Å². The first-order chi connectivity index (χ1) is 13.4. The number of benzene rings is 1. The van der Waals surface area contributed by atoms with Crippen molar-refractivity contribution in [1.82, 2.24) is 9.88 Å². The summed E-state index contributed by atoms with van der Waals surface area (Å²) in [4.78, 5) is 21.6. The summed E-state index contributed by atoms with van der Waals surface area (Å²) in [5.74, 6) is 1.16. The Bertz CT molecular complexity index is 995. The van der Waals surface area contributed by atoms with E-state index in [1.165, 1.54) is 22.7 Å². The number of hydrogen-bond acceptors (Lipinski definition) is 7. The van der Waals surface area contributed by atoms with Crippen molar-refractivity contribution >= 4 is 79.5 Å². The minimum atomic E-state index is -0.216. The molecule has 0 radical (unpaired) electrons. The molecule has 0 aliphatic carbocycles. The van der Waals surface area contributed by atoms with Crippen LogP contribution in [0, 0.1) is 0 Å². The second-order valence-electron chi connectivity index (χ2n) is 6.46. The SMILES string of the molecule is CN(C)CCN(C(=O)c1cc(Cl)sc1Cl)c1nc2cc3c(cc2s1)OCCO3.Cl. The predicted octanol–water partition coefficient (Wildman–Crippen LogP) is 5.07. The van der Waals surface area contributed by atoms with Crippen LogP contribution in [-0.4, -0.2) is 56.2 Å². The molecular weight excluding hydrogens is 477 g/mol. The number of thiazole rings is 1. The number of rotatable bonds is 5. The van der Waals surface area contributed by atoms with Gasteiger partial charge in [-0.3, -0.25) is 9.69 Å². The second kappa shape index (κ2) is 9.24. The summed E-state index contributed by atoms with van der Waals surface area (Å²) in [6.45, 7) is 2.19. The van der Waals surface area contributed by atoms with Gasteiger partial charge in [-0.05, 0) is 20.2 Å². The molecule has 0 N–H and O–H groups in total. The van der Waals surface area contributed by atoms with E-state index in [0.29, 0.717) is 57.2 Å². The van der Waals surface area contributed by atoms with Crippen LogP contribution >= 0.6 is 58.3 Å². The molecule has 0 bridgehead atoms. The summed E-state index contributed by atoms with van der Waals surface area (Å²) >= 11 is 14.9. The van der Waals surface area contributed by atoms with E-state index >= 15 is 0 Å². The van der Waals surface area contributed by atoms with Crippen LogP contribution in [0.25, 0.3) is 10.2 Å². The molecule has 1 aromatic carbocycles. The fourth-order valence-electron chi connectivity index (χ4n) is 2.78. The molecule has 0 saturated heterocycles. The Kier molecular flexibility index (Phi) is 7.14. The van der Waals surface area contributed by atoms with Gasteiger partial charge in [0.2, 0.25) is 0 Å². The highest BCUT2D eigenvalue weighted by molar-refractivity contribution is 7.22. The third-order valence-electron chi connectivity index (χ3n) is 4.18. The van der Waals surface area contributed by atoms with Crippen LogP contribution in [-0.2, 0) is 0 Å². The number of anilines is 1. The maximum Gasteiger partial charge on any atom is 0.262 e. The molecule has 6 nitrogen and oxygen atoms in total. The van der Waals surface area contributed by atoms with Gasteiger partial charge in [0, 0.05) is 25.2 Å². The third kappa shape index (κ3) is 4.73. The Morgan fingerprint density at radius 3 is 2.41 bits per heavy atom. The molecule has 0 fully saturated rings. The van der Waals surface area contributed by atoms with Crippen LogP contribution in [0.2, 0.25) is 8.67 Å². The van der Waals surface area contributed by atoms with Gasteiger partial charge in [0.05, 0.1) is 20.1 Å². The van der Waals surface area contributed by atoms with E-state index in [4.69, 9.17) is 32.7 Å². The second-order valence-corrected chi connectivity index (χ2v) is 9.75. The first kappa shape index (κ1) is 22.4. The topological polar surface area (TPSA) is 54.9 Å². The van der Waals surface area contributed by atoms with Crippen molar-refractivity contribution < 1.29 is 14.3 Å². The number of likely N-dealkylation sites (N-methyl/N-ethyl adjacent to an activating group) is 1. The van der Waals surface area contributed by atoms with Crippen molar-refractivity contribution in [3.8, 4) is 11.5 Å². The molecule has 1 aliphatic rings. The van der Waals surface area contributed by atoms with Crippen LogP contribution in [0.3, 0.4) is 0 Å². The van der Waals surface area contributed by atoms with Crippen molar-refractivity contribution in [2.24, 2.45) is 0 Å². The molecule has 29 heavy (non-hydrogen) atoms. The van der Waals surface area contributed by atoms with Crippen LogP contribution in [0.5, 0.6) is 11.5 Å². The highest BCUT2D eigenvalue weighted by Gasteiger charge is 2.25. The van der Waals surface area contributed by atoms with Crippen molar-refractivity contribution in [2.45, 2.75) is 0 Å². The van der Waals surface area contributed by atoms with Gasteiger partial charge in [0.25, 0.3) is 5.91 Å². The Morgan fingerprint density at radius 1 is 1.10 bits per heavy atom. The largest absolute Gasteiger partial charge is 0.486 e. The van der Waals surface area contributed by atoms with E-state index in [0.717, 1.165) is 10.2 Å². The molecule has 0 atom stereocenters. The summed E-state index contributed by atoms with van der Waals surface area (Å²) < 4.78 is 13.1. The number of nitrogens with zero attached hydrogens (tertiary/aromatic N) is 3. The third-order valence-corrected chi connectivity index (χ3v) is 6.70. The maximum atomic E-state index is 13.2. The average molecular weight is 495 g/mol. The molecule has 3 heterocycles. The van der Waals surface area contributed by atoms with Gasteiger partial charge < -0.3 is 14.4 Å². The minimum Gasteiger partial charge on any atom is -0.486 e. The molecule has 0 saturated carbocycles. The van der Waals surface area contributed by atoms with Crippen molar-refractivity contribution in [3.05, 3.63) is 32.4 Å². The van der Waals surface area contributed by atoms with E-state index < -0.39 is 0 Å². The van der Waals surface area contributed by atoms with Crippen molar-refractivity contribution in [1.29, 1.82) is 0 Å². The van der Waals surface area contributed by atoms with Crippen LogP contribution in [0.1, 0.15) is 10.4 Å². The van der Waals surface area contributed by atoms with E-state index in [9.17, 15) is 4.79 Å². The van der Waals surface area contributed by atoms with Crippen LogP contribution < -0.4 is 14.4 Å². The minimum absolute atomic E-state index is 0. The first-order valence-electron chi connectivity index (χ1n) is 8.54. The Hall–Kier alpha value is -1.29.